The molecule has 1 aliphatic rings. The summed E-state index contributed by atoms with van der Waals surface area (Å²) in [5.41, 5.74) is 0.873. The van der Waals surface area contributed by atoms with Crippen molar-refractivity contribution in [2.24, 2.45) is 5.92 Å². The second kappa shape index (κ2) is 7.26. The lowest BCUT2D eigenvalue weighted by atomic mass is 10.0. The Labute approximate surface area is 136 Å². The summed E-state index contributed by atoms with van der Waals surface area (Å²) >= 11 is 0. The van der Waals surface area contributed by atoms with Gasteiger partial charge in [0.2, 0.25) is 0 Å². The van der Waals surface area contributed by atoms with Crippen LogP contribution in [0.1, 0.15) is 25.8 Å². The highest BCUT2D eigenvalue weighted by atomic mass is 16.5. The summed E-state index contributed by atoms with van der Waals surface area (Å²) in [4.78, 5) is 39.3. The van der Waals surface area contributed by atoms with E-state index in [1.807, 2.05) is 44.2 Å². The normalized spacial score (nSPS) is 18.0. The fourth-order valence-electron chi connectivity index (χ4n) is 2.66. The lowest BCUT2D eigenvalue weighted by molar-refractivity contribution is -0.141. The van der Waals surface area contributed by atoms with Gasteiger partial charge in [-0.25, -0.2) is 4.79 Å². The van der Waals surface area contributed by atoms with Crippen molar-refractivity contribution in [2.75, 3.05) is 13.7 Å². The molecule has 1 heterocycles. The molecule has 3 amide bonds. The van der Waals surface area contributed by atoms with Gasteiger partial charge in [-0.15, -0.1) is 0 Å². The summed E-state index contributed by atoms with van der Waals surface area (Å²) in [5, 5.41) is 0. The molecule has 0 saturated carbocycles. The fourth-order valence-corrected chi connectivity index (χ4v) is 2.66. The minimum absolute atomic E-state index is 0.205. The van der Waals surface area contributed by atoms with E-state index in [4.69, 9.17) is 0 Å². The van der Waals surface area contributed by atoms with Gasteiger partial charge < -0.3 is 9.64 Å². The van der Waals surface area contributed by atoms with E-state index >= 15 is 0 Å². The topological polar surface area (TPSA) is 66.9 Å². The van der Waals surface area contributed by atoms with Gasteiger partial charge in [0.25, 0.3) is 5.91 Å². The Kier molecular flexibility index (Phi) is 5.36. The third-order valence-electron chi connectivity index (χ3n) is 3.81. The monoisotopic (exact) mass is 318 g/mol. The number of amides is 3. The molecule has 1 atom stereocenters. The Morgan fingerprint density at radius 3 is 2.43 bits per heavy atom. The number of rotatable bonds is 6. The Morgan fingerprint density at radius 1 is 1.22 bits per heavy atom. The number of carbonyl (C=O) groups excluding carboxylic acids is 3. The van der Waals surface area contributed by atoms with Crippen LogP contribution in [0.4, 0.5) is 4.79 Å². The molecule has 2 rings (SSSR count). The highest BCUT2D eigenvalue weighted by Gasteiger charge is 2.45. The van der Waals surface area contributed by atoms with Crippen molar-refractivity contribution in [3.05, 3.63) is 35.9 Å². The smallest absolute Gasteiger partial charge is 0.328 e. The molecule has 23 heavy (non-hydrogen) atoms. The molecule has 0 aliphatic carbocycles. The molecule has 0 spiro atoms. The predicted octanol–water partition coefficient (Wildman–Crippen LogP) is 2.04. The zero-order valence-corrected chi connectivity index (χ0v) is 13.7. The second-order valence-electron chi connectivity index (χ2n) is 6.04. The van der Waals surface area contributed by atoms with Crippen LogP contribution in [-0.2, 0) is 20.9 Å². The second-order valence-corrected chi connectivity index (χ2v) is 6.04. The van der Waals surface area contributed by atoms with E-state index in [1.165, 1.54) is 16.9 Å². The van der Waals surface area contributed by atoms with Gasteiger partial charge in [0.15, 0.2) is 0 Å². The molecule has 0 N–H and O–H groups in total. The van der Waals surface area contributed by atoms with Crippen LogP contribution in [0.25, 0.3) is 0 Å². The highest BCUT2D eigenvalue weighted by molar-refractivity contribution is 6.05. The number of carbonyl (C=O) groups is 3. The van der Waals surface area contributed by atoms with Gasteiger partial charge in [0.1, 0.15) is 12.6 Å². The van der Waals surface area contributed by atoms with Crippen molar-refractivity contribution in [3.63, 3.8) is 0 Å². The van der Waals surface area contributed by atoms with Crippen LogP contribution < -0.4 is 0 Å². The van der Waals surface area contributed by atoms with Crippen molar-refractivity contribution < 1.29 is 19.1 Å². The summed E-state index contributed by atoms with van der Waals surface area (Å²) in [6.07, 6.45) is 0.521. The number of urea groups is 1. The fraction of sp³-hybridized carbons (Fsp3) is 0.471. The van der Waals surface area contributed by atoms with E-state index in [0.717, 1.165) is 5.56 Å². The first-order valence-corrected chi connectivity index (χ1v) is 7.66. The van der Waals surface area contributed by atoms with Crippen LogP contribution in [0.15, 0.2) is 30.3 Å². The Hall–Kier alpha value is -2.37. The summed E-state index contributed by atoms with van der Waals surface area (Å²) in [6, 6.07) is 8.28. The molecule has 1 aliphatic heterocycles. The molecule has 1 unspecified atom stereocenters. The van der Waals surface area contributed by atoms with Gasteiger partial charge in [0.05, 0.1) is 13.7 Å². The van der Waals surface area contributed by atoms with Gasteiger partial charge >= 0.3 is 12.0 Å². The SMILES string of the molecule is COC(=O)CN1C(=O)N(Cc2ccccc2)C(=O)C1CC(C)C. The molecule has 1 saturated heterocycles. The average molecular weight is 318 g/mol. The van der Waals surface area contributed by atoms with Crippen molar-refractivity contribution in [2.45, 2.75) is 32.9 Å². The lowest BCUT2D eigenvalue weighted by Crippen LogP contribution is -2.40. The van der Waals surface area contributed by atoms with Gasteiger partial charge in [-0.2, -0.15) is 0 Å². The van der Waals surface area contributed by atoms with E-state index in [2.05, 4.69) is 4.74 Å². The maximum Gasteiger partial charge on any atom is 0.328 e. The van der Waals surface area contributed by atoms with Crippen LogP contribution in [0, 0.1) is 5.92 Å². The number of methoxy groups -OCH3 is 1. The first kappa shape index (κ1) is 17.0. The third kappa shape index (κ3) is 3.88. The molecule has 6 heteroatoms. The molecular weight excluding hydrogens is 296 g/mol. The van der Waals surface area contributed by atoms with Crippen molar-refractivity contribution in [1.29, 1.82) is 0 Å². The van der Waals surface area contributed by atoms with E-state index in [9.17, 15) is 14.4 Å². The largest absolute Gasteiger partial charge is 0.468 e. The van der Waals surface area contributed by atoms with E-state index in [-0.39, 0.29) is 24.9 Å². The molecule has 0 aromatic heterocycles. The van der Waals surface area contributed by atoms with Gasteiger partial charge in [-0.3, -0.25) is 14.5 Å². The molecule has 0 radical (unpaired) electrons. The molecule has 1 aromatic rings. The van der Waals surface area contributed by atoms with Gasteiger partial charge in [-0.05, 0) is 17.9 Å². The molecule has 1 aromatic carbocycles. The zero-order chi connectivity index (χ0) is 17.0. The summed E-state index contributed by atoms with van der Waals surface area (Å²) in [5.74, 6) is -0.550. The first-order valence-electron chi connectivity index (χ1n) is 7.66. The standard InChI is InChI=1S/C17H22N2O4/c1-12(2)9-14-16(21)19(10-13-7-5-4-6-8-13)17(22)18(14)11-15(20)23-3/h4-8,12,14H,9-11H2,1-3H3. The van der Waals surface area contributed by atoms with Crippen LogP contribution in [0.3, 0.4) is 0 Å². The zero-order valence-electron chi connectivity index (χ0n) is 13.7. The first-order chi connectivity index (χ1) is 10.9. The van der Waals surface area contributed by atoms with Crippen LogP contribution >= 0.6 is 0 Å². The van der Waals surface area contributed by atoms with Crippen molar-refractivity contribution in [3.8, 4) is 0 Å². The Bertz CT molecular complexity index is 586. The summed E-state index contributed by atoms with van der Waals surface area (Å²) < 4.78 is 4.64. The molecule has 6 nitrogen and oxygen atoms in total. The van der Waals surface area contributed by atoms with Crippen molar-refractivity contribution >= 4 is 17.9 Å². The summed E-state index contributed by atoms with van der Waals surface area (Å²) in [6.45, 7) is 3.97. The molecule has 124 valence electrons. The van der Waals surface area contributed by atoms with Crippen LogP contribution in [0.5, 0.6) is 0 Å². The van der Waals surface area contributed by atoms with Gasteiger partial charge in [-0.1, -0.05) is 44.2 Å². The van der Waals surface area contributed by atoms with Gasteiger partial charge in [0, 0.05) is 0 Å². The number of nitrogens with zero attached hydrogens (tertiary/aromatic N) is 2. The van der Waals surface area contributed by atoms with E-state index in [1.54, 1.807) is 0 Å². The molecular formula is C17H22N2O4. The van der Waals surface area contributed by atoms with E-state index in [0.29, 0.717) is 6.42 Å². The highest BCUT2D eigenvalue weighted by Crippen LogP contribution is 2.24. The van der Waals surface area contributed by atoms with E-state index < -0.39 is 18.0 Å². The lowest BCUT2D eigenvalue weighted by Gasteiger charge is -2.21. The maximum atomic E-state index is 12.6. The summed E-state index contributed by atoms with van der Waals surface area (Å²) in [7, 11) is 1.27. The molecule has 1 fully saturated rings. The maximum absolute atomic E-state index is 12.6. The minimum Gasteiger partial charge on any atom is -0.468 e. The number of hydrogen-bond donors (Lipinski definition) is 0. The predicted molar refractivity (Wildman–Crippen MR) is 84.4 cm³/mol. The number of imide groups is 1. The number of esters is 1. The van der Waals surface area contributed by atoms with Crippen LogP contribution in [-0.4, -0.2) is 47.4 Å². The molecule has 0 bridgehead atoms. The number of benzene rings is 1. The van der Waals surface area contributed by atoms with Crippen molar-refractivity contribution in [1.82, 2.24) is 9.80 Å². The Balaban J connectivity index is 2.21. The quantitative estimate of drug-likeness (QED) is 0.594. The number of hydrogen-bond acceptors (Lipinski definition) is 4. The minimum atomic E-state index is -0.606. The Morgan fingerprint density at radius 2 is 1.87 bits per heavy atom. The average Bonchev–Trinajstić information content (AvgIpc) is 2.73. The number of ether oxygens (including phenoxy) is 1. The van der Waals surface area contributed by atoms with Crippen LogP contribution in [0.2, 0.25) is 0 Å². The third-order valence-corrected chi connectivity index (χ3v) is 3.81.